The van der Waals surface area contributed by atoms with Crippen molar-refractivity contribution >= 4 is 40.6 Å². The Balaban J connectivity index is 1.60. The quantitative estimate of drug-likeness (QED) is 0.296. The number of anilines is 1. The zero-order valence-corrected chi connectivity index (χ0v) is 20.0. The molecule has 0 amide bonds. The van der Waals surface area contributed by atoms with Crippen LogP contribution in [0, 0.1) is 0 Å². The van der Waals surface area contributed by atoms with Crippen LogP contribution >= 0.6 is 11.6 Å². The highest BCUT2D eigenvalue weighted by Crippen LogP contribution is 2.50. The van der Waals surface area contributed by atoms with Crippen LogP contribution in [0.3, 0.4) is 0 Å². The van der Waals surface area contributed by atoms with Gasteiger partial charge in [-0.2, -0.15) is 5.10 Å². The molecule has 0 N–H and O–H groups in total. The number of benzene rings is 4. The second-order valence-corrected chi connectivity index (χ2v) is 9.31. The first-order valence-corrected chi connectivity index (χ1v) is 12.1. The third kappa shape index (κ3) is 3.34. The second kappa shape index (κ2) is 8.74. The summed E-state index contributed by atoms with van der Waals surface area (Å²) in [5.74, 6) is -1.14. The fourth-order valence-electron chi connectivity index (χ4n) is 5.21. The normalized spacial score (nSPS) is 18.2. The van der Waals surface area contributed by atoms with Crippen molar-refractivity contribution in [2.24, 2.45) is 5.10 Å². The first kappa shape index (κ1) is 22.2. The SMILES string of the molecule is O=C1c2ccccc2C(=O)C12C(c1ccc(Cl)cc1)C(/C=C\c1ccccc1)=NN2c1ccccc1. The van der Waals surface area contributed by atoms with Crippen molar-refractivity contribution < 1.29 is 9.59 Å². The number of rotatable bonds is 4. The Morgan fingerprint density at radius 1 is 0.694 bits per heavy atom. The van der Waals surface area contributed by atoms with E-state index in [9.17, 15) is 9.59 Å². The summed E-state index contributed by atoms with van der Waals surface area (Å²) >= 11 is 6.21. The van der Waals surface area contributed by atoms with Gasteiger partial charge < -0.3 is 0 Å². The summed E-state index contributed by atoms with van der Waals surface area (Å²) in [6.45, 7) is 0. The van der Waals surface area contributed by atoms with E-state index in [4.69, 9.17) is 16.7 Å². The standard InChI is InChI=1S/C31H21ClN2O2/c32-23-18-16-22(17-19-23)28-27(20-15-21-9-3-1-4-10-21)33-34(24-11-5-2-6-12-24)31(28)29(35)25-13-7-8-14-26(25)30(31)36/h1-20,28H/b20-15-. The molecule has 1 spiro atoms. The Bertz CT molecular complexity index is 1490. The van der Waals surface area contributed by atoms with Crippen LogP contribution < -0.4 is 5.01 Å². The molecule has 5 heteroatoms. The van der Waals surface area contributed by atoms with Gasteiger partial charge in [-0.25, -0.2) is 5.01 Å². The molecule has 6 rings (SSSR count). The lowest BCUT2D eigenvalue weighted by molar-refractivity contribution is 0.0791. The fraction of sp³-hybridized carbons (Fsp3) is 0.0645. The van der Waals surface area contributed by atoms with Gasteiger partial charge in [-0.1, -0.05) is 103 Å². The molecule has 1 atom stereocenters. The van der Waals surface area contributed by atoms with E-state index in [1.807, 2.05) is 84.9 Å². The second-order valence-electron chi connectivity index (χ2n) is 8.87. The summed E-state index contributed by atoms with van der Waals surface area (Å²) in [6, 6.07) is 33.6. The Labute approximate surface area is 214 Å². The van der Waals surface area contributed by atoms with Gasteiger partial charge in [0.25, 0.3) is 0 Å². The average molecular weight is 489 g/mol. The number of allylic oxidation sites excluding steroid dienone is 1. The molecule has 0 aromatic heterocycles. The van der Waals surface area contributed by atoms with E-state index in [-0.39, 0.29) is 11.6 Å². The zero-order chi connectivity index (χ0) is 24.7. The molecule has 0 fully saturated rings. The predicted molar refractivity (Wildman–Crippen MR) is 144 cm³/mol. The highest BCUT2D eigenvalue weighted by atomic mass is 35.5. The maximum Gasteiger partial charge on any atom is 0.201 e. The molecular formula is C31H21ClN2O2. The van der Waals surface area contributed by atoms with Crippen LogP contribution in [0.2, 0.25) is 5.02 Å². The topological polar surface area (TPSA) is 49.7 Å². The summed E-state index contributed by atoms with van der Waals surface area (Å²) in [6.07, 6.45) is 3.86. The van der Waals surface area contributed by atoms with Gasteiger partial charge in [0.15, 0.2) is 11.6 Å². The highest BCUT2D eigenvalue weighted by Gasteiger charge is 2.66. The van der Waals surface area contributed by atoms with Gasteiger partial charge in [-0.3, -0.25) is 9.59 Å². The van der Waals surface area contributed by atoms with Crippen LogP contribution in [-0.2, 0) is 0 Å². The lowest BCUT2D eigenvalue weighted by Crippen LogP contribution is -2.56. The van der Waals surface area contributed by atoms with E-state index in [0.29, 0.717) is 27.5 Å². The van der Waals surface area contributed by atoms with Gasteiger partial charge in [0.2, 0.25) is 5.54 Å². The number of fused-ring (bicyclic) bond motifs is 1. The summed E-state index contributed by atoms with van der Waals surface area (Å²) in [7, 11) is 0. The molecule has 0 saturated carbocycles. The van der Waals surface area contributed by atoms with Crippen molar-refractivity contribution in [2.75, 3.05) is 5.01 Å². The number of carbonyl (C=O) groups is 2. The first-order valence-electron chi connectivity index (χ1n) is 11.7. The molecule has 0 bridgehead atoms. The van der Waals surface area contributed by atoms with E-state index in [1.165, 1.54) is 0 Å². The zero-order valence-electron chi connectivity index (χ0n) is 19.2. The minimum Gasteiger partial charge on any atom is -0.291 e. The number of hydrogen-bond donors (Lipinski definition) is 0. The largest absolute Gasteiger partial charge is 0.291 e. The van der Waals surface area contributed by atoms with Crippen LogP contribution in [0.25, 0.3) is 6.08 Å². The molecule has 2 aliphatic rings. The molecule has 36 heavy (non-hydrogen) atoms. The minimum absolute atomic E-state index is 0.251. The molecule has 4 aromatic carbocycles. The third-order valence-corrected chi connectivity index (χ3v) is 7.07. The van der Waals surface area contributed by atoms with E-state index >= 15 is 0 Å². The van der Waals surface area contributed by atoms with Gasteiger partial charge in [0.1, 0.15) is 0 Å². The van der Waals surface area contributed by atoms with Crippen molar-refractivity contribution in [1.29, 1.82) is 0 Å². The molecular weight excluding hydrogens is 468 g/mol. The van der Waals surface area contributed by atoms with Gasteiger partial charge in [0, 0.05) is 16.1 Å². The van der Waals surface area contributed by atoms with Gasteiger partial charge in [0.05, 0.1) is 17.3 Å². The number of halogens is 1. The maximum absolute atomic E-state index is 14.3. The monoisotopic (exact) mass is 488 g/mol. The van der Waals surface area contributed by atoms with Crippen LogP contribution in [0.4, 0.5) is 5.69 Å². The van der Waals surface area contributed by atoms with E-state index in [2.05, 4.69) is 0 Å². The molecule has 0 radical (unpaired) electrons. The lowest BCUT2D eigenvalue weighted by Gasteiger charge is -2.36. The van der Waals surface area contributed by atoms with Crippen molar-refractivity contribution in [3.8, 4) is 0 Å². The van der Waals surface area contributed by atoms with Crippen LogP contribution in [0.5, 0.6) is 0 Å². The molecule has 1 heterocycles. The summed E-state index contributed by atoms with van der Waals surface area (Å²) in [5.41, 5.74) is 2.36. The van der Waals surface area contributed by atoms with Crippen LogP contribution in [-0.4, -0.2) is 22.8 Å². The predicted octanol–water partition coefficient (Wildman–Crippen LogP) is 6.83. The third-order valence-electron chi connectivity index (χ3n) is 6.82. The molecule has 1 unspecified atom stereocenters. The summed E-state index contributed by atoms with van der Waals surface area (Å²) in [5, 5.41) is 7.17. The van der Waals surface area contributed by atoms with E-state index in [1.54, 1.807) is 41.4 Å². The lowest BCUT2D eigenvalue weighted by atomic mass is 9.73. The molecule has 1 aliphatic carbocycles. The number of para-hydroxylation sites is 1. The summed E-state index contributed by atoms with van der Waals surface area (Å²) < 4.78 is 0. The number of hydrogen-bond acceptors (Lipinski definition) is 4. The molecule has 1 aliphatic heterocycles. The minimum atomic E-state index is -1.57. The van der Waals surface area contributed by atoms with Crippen molar-refractivity contribution in [1.82, 2.24) is 0 Å². The number of nitrogens with zero attached hydrogens (tertiary/aromatic N) is 2. The van der Waals surface area contributed by atoms with Crippen molar-refractivity contribution in [3.05, 3.63) is 143 Å². The number of hydrazone groups is 1. The van der Waals surface area contributed by atoms with Crippen molar-refractivity contribution in [2.45, 2.75) is 11.5 Å². The summed E-state index contributed by atoms with van der Waals surface area (Å²) in [4.78, 5) is 28.6. The maximum atomic E-state index is 14.3. The molecule has 4 aromatic rings. The Morgan fingerprint density at radius 3 is 1.86 bits per heavy atom. The average Bonchev–Trinajstić information content (AvgIpc) is 3.38. The van der Waals surface area contributed by atoms with Gasteiger partial charge >= 0.3 is 0 Å². The Hall–Kier alpha value is -4.28. The highest BCUT2D eigenvalue weighted by molar-refractivity contribution is 6.38. The number of ketones is 2. The molecule has 4 nitrogen and oxygen atoms in total. The van der Waals surface area contributed by atoms with Crippen LogP contribution in [0.1, 0.15) is 37.8 Å². The number of carbonyl (C=O) groups excluding carboxylic acids is 2. The van der Waals surface area contributed by atoms with E-state index in [0.717, 1.165) is 11.1 Å². The van der Waals surface area contributed by atoms with Crippen molar-refractivity contribution in [3.63, 3.8) is 0 Å². The Kier molecular flexibility index (Phi) is 5.39. The van der Waals surface area contributed by atoms with Gasteiger partial charge in [-0.05, 0) is 41.5 Å². The number of Topliss-reactive ketones (excluding diaryl/α,β-unsaturated/α-hetero) is 2. The van der Waals surface area contributed by atoms with Gasteiger partial charge in [-0.15, -0.1) is 0 Å². The van der Waals surface area contributed by atoms with Crippen LogP contribution in [0.15, 0.2) is 120 Å². The van der Waals surface area contributed by atoms with E-state index < -0.39 is 11.5 Å². The molecule has 0 saturated heterocycles. The molecule has 174 valence electrons. The first-order chi connectivity index (χ1) is 17.6. The smallest absolute Gasteiger partial charge is 0.201 e. The fourth-order valence-corrected chi connectivity index (χ4v) is 5.33. The Morgan fingerprint density at radius 2 is 1.25 bits per heavy atom.